The summed E-state index contributed by atoms with van der Waals surface area (Å²) in [5.41, 5.74) is 2.06. The Labute approximate surface area is 121 Å². The summed E-state index contributed by atoms with van der Waals surface area (Å²) >= 11 is 12.0. The Bertz CT molecular complexity index is 609. The fraction of sp³-hybridized carbons (Fsp3) is 0.0714. The van der Waals surface area contributed by atoms with Gasteiger partial charge in [-0.1, -0.05) is 40.5 Å². The zero-order chi connectivity index (χ0) is 13.8. The van der Waals surface area contributed by atoms with Gasteiger partial charge in [-0.2, -0.15) is 0 Å². The molecule has 0 atom stereocenters. The summed E-state index contributed by atoms with van der Waals surface area (Å²) in [6.45, 7) is 0. The van der Waals surface area contributed by atoms with Crippen molar-refractivity contribution in [2.24, 2.45) is 5.16 Å². The minimum Gasteiger partial charge on any atom is -0.508 e. The SMILES string of the molecule is CON=C(c1ccc(Cl)cc1)c1ccc(O)cc1Cl. The molecule has 1 N–H and O–H groups in total. The van der Waals surface area contributed by atoms with Gasteiger partial charge in [0.2, 0.25) is 0 Å². The number of benzene rings is 2. The maximum atomic E-state index is 9.38. The van der Waals surface area contributed by atoms with Gasteiger partial charge >= 0.3 is 0 Å². The molecule has 2 aromatic carbocycles. The van der Waals surface area contributed by atoms with E-state index in [0.717, 1.165) is 5.56 Å². The number of rotatable bonds is 3. The topological polar surface area (TPSA) is 41.8 Å². The molecule has 0 aliphatic carbocycles. The minimum atomic E-state index is 0.0987. The quantitative estimate of drug-likeness (QED) is 0.684. The van der Waals surface area contributed by atoms with Crippen molar-refractivity contribution in [3.05, 3.63) is 63.6 Å². The third kappa shape index (κ3) is 3.19. The summed E-state index contributed by atoms with van der Waals surface area (Å²) in [5, 5.41) is 14.4. The summed E-state index contributed by atoms with van der Waals surface area (Å²) in [7, 11) is 1.46. The molecule has 0 unspecified atom stereocenters. The highest BCUT2D eigenvalue weighted by atomic mass is 35.5. The average molecular weight is 296 g/mol. The fourth-order valence-electron chi connectivity index (χ4n) is 1.65. The van der Waals surface area contributed by atoms with Crippen LogP contribution in [0.5, 0.6) is 5.75 Å². The van der Waals surface area contributed by atoms with Crippen LogP contribution >= 0.6 is 23.2 Å². The first-order valence-electron chi connectivity index (χ1n) is 5.48. The first-order valence-corrected chi connectivity index (χ1v) is 6.23. The number of aromatic hydroxyl groups is 1. The number of phenolic OH excluding ortho intramolecular Hbond substituents is 1. The summed E-state index contributed by atoms with van der Waals surface area (Å²) in [4.78, 5) is 4.86. The Kier molecular flexibility index (Phi) is 4.30. The van der Waals surface area contributed by atoms with Crippen LogP contribution in [-0.2, 0) is 4.84 Å². The van der Waals surface area contributed by atoms with Crippen LogP contribution < -0.4 is 0 Å². The predicted octanol–water partition coefficient (Wildman–Crippen LogP) is 4.10. The van der Waals surface area contributed by atoms with Gasteiger partial charge in [0.05, 0.1) is 5.02 Å². The van der Waals surface area contributed by atoms with Crippen LogP contribution in [0.25, 0.3) is 0 Å². The van der Waals surface area contributed by atoms with Gasteiger partial charge in [-0.15, -0.1) is 0 Å². The lowest BCUT2D eigenvalue weighted by atomic mass is 10.0. The summed E-state index contributed by atoms with van der Waals surface area (Å²) in [5.74, 6) is 0.0987. The Morgan fingerprint density at radius 2 is 1.79 bits per heavy atom. The van der Waals surface area contributed by atoms with E-state index >= 15 is 0 Å². The van der Waals surface area contributed by atoms with E-state index in [1.165, 1.54) is 13.2 Å². The number of hydrogen-bond acceptors (Lipinski definition) is 3. The van der Waals surface area contributed by atoms with Crippen LogP contribution in [0.3, 0.4) is 0 Å². The van der Waals surface area contributed by atoms with Gasteiger partial charge in [0.25, 0.3) is 0 Å². The Morgan fingerprint density at radius 1 is 1.11 bits per heavy atom. The average Bonchev–Trinajstić information content (AvgIpc) is 2.38. The summed E-state index contributed by atoms with van der Waals surface area (Å²) in [6, 6.07) is 11.9. The second-order valence-corrected chi connectivity index (χ2v) is 4.64. The van der Waals surface area contributed by atoms with Crippen molar-refractivity contribution in [2.45, 2.75) is 0 Å². The Hall–Kier alpha value is -1.71. The predicted molar refractivity (Wildman–Crippen MR) is 77.2 cm³/mol. The van der Waals surface area contributed by atoms with Gasteiger partial charge in [-0.25, -0.2) is 0 Å². The van der Waals surface area contributed by atoms with Crippen LogP contribution in [0.4, 0.5) is 0 Å². The van der Waals surface area contributed by atoms with E-state index in [4.69, 9.17) is 28.0 Å². The van der Waals surface area contributed by atoms with E-state index in [9.17, 15) is 5.11 Å². The highest BCUT2D eigenvalue weighted by Gasteiger charge is 2.12. The molecule has 19 heavy (non-hydrogen) atoms. The van der Waals surface area contributed by atoms with Crippen molar-refractivity contribution >= 4 is 28.9 Å². The highest BCUT2D eigenvalue weighted by molar-refractivity contribution is 6.35. The van der Waals surface area contributed by atoms with Crippen LogP contribution in [0.1, 0.15) is 11.1 Å². The fourth-order valence-corrected chi connectivity index (χ4v) is 2.04. The molecule has 3 nitrogen and oxygen atoms in total. The molecule has 0 saturated carbocycles. The molecule has 0 radical (unpaired) electrons. The zero-order valence-corrected chi connectivity index (χ0v) is 11.6. The van der Waals surface area contributed by atoms with Crippen molar-refractivity contribution in [1.82, 2.24) is 0 Å². The lowest BCUT2D eigenvalue weighted by Gasteiger charge is -2.08. The molecule has 0 bridgehead atoms. The molecule has 0 saturated heterocycles. The highest BCUT2D eigenvalue weighted by Crippen LogP contribution is 2.25. The molecular weight excluding hydrogens is 285 g/mol. The zero-order valence-electron chi connectivity index (χ0n) is 10.1. The largest absolute Gasteiger partial charge is 0.508 e. The molecule has 0 heterocycles. The van der Waals surface area contributed by atoms with E-state index in [1.54, 1.807) is 24.3 Å². The summed E-state index contributed by atoms with van der Waals surface area (Å²) < 4.78 is 0. The first-order chi connectivity index (χ1) is 9.11. The van der Waals surface area contributed by atoms with E-state index in [0.29, 0.717) is 21.3 Å². The molecule has 2 rings (SSSR count). The van der Waals surface area contributed by atoms with Gasteiger partial charge < -0.3 is 9.94 Å². The number of phenols is 1. The maximum Gasteiger partial charge on any atom is 0.118 e. The van der Waals surface area contributed by atoms with E-state index in [2.05, 4.69) is 5.16 Å². The third-order valence-corrected chi connectivity index (χ3v) is 3.07. The van der Waals surface area contributed by atoms with E-state index in [1.807, 2.05) is 12.1 Å². The molecule has 2 aromatic rings. The molecule has 5 heteroatoms. The van der Waals surface area contributed by atoms with Crippen LogP contribution in [0.2, 0.25) is 10.0 Å². The molecule has 0 aliphatic heterocycles. The van der Waals surface area contributed by atoms with Crippen LogP contribution in [0.15, 0.2) is 47.6 Å². The Morgan fingerprint density at radius 3 is 2.37 bits per heavy atom. The van der Waals surface area contributed by atoms with Crippen molar-refractivity contribution in [3.8, 4) is 5.75 Å². The molecule has 0 aromatic heterocycles. The van der Waals surface area contributed by atoms with Crippen molar-refractivity contribution in [1.29, 1.82) is 0 Å². The molecule has 0 amide bonds. The van der Waals surface area contributed by atoms with Gasteiger partial charge in [0.1, 0.15) is 18.6 Å². The second-order valence-electron chi connectivity index (χ2n) is 3.79. The molecule has 0 spiro atoms. The van der Waals surface area contributed by atoms with E-state index < -0.39 is 0 Å². The minimum absolute atomic E-state index is 0.0987. The van der Waals surface area contributed by atoms with Gasteiger partial charge in [-0.05, 0) is 30.3 Å². The van der Waals surface area contributed by atoms with Crippen molar-refractivity contribution in [3.63, 3.8) is 0 Å². The number of hydrogen-bond donors (Lipinski definition) is 1. The van der Waals surface area contributed by atoms with Crippen LogP contribution in [0, 0.1) is 0 Å². The van der Waals surface area contributed by atoms with Crippen molar-refractivity contribution in [2.75, 3.05) is 7.11 Å². The standard InChI is InChI=1S/C14H11Cl2NO2/c1-19-17-14(9-2-4-10(15)5-3-9)12-7-6-11(18)8-13(12)16/h2-8,18H,1H3. The van der Waals surface area contributed by atoms with E-state index in [-0.39, 0.29) is 5.75 Å². The number of oxime groups is 1. The van der Waals surface area contributed by atoms with Crippen molar-refractivity contribution < 1.29 is 9.94 Å². The van der Waals surface area contributed by atoms with Gasteiger partial charge in [0, 0.05) is 16.1 Å². The van der Waals surface area contributed by atoms with Crippen LogP contribution in [-0.4, -0.2) is 17.9 Å². The summed E-state index contributed by atoms with van der Waals surface area (Å²) in [6.07, 6.45) is 0. The molecule has 0 fully saturated rings. The smallest absolute Gasteiger partial charge is 0.118 e. The number of halogens is 2. The second kappa shape index (κ2) is 5.95. The third-order valence-electron chi connectivity index (χ3n) is 2.51. The lowest BCUT2D eigenvalue weighted by Crippen LogP contribution is -2.04. The number of nitrogens with zero attached hydrogens (tertiary/aromatic N) is 1. The van der Waals surface area contributed by atoms with Gasteiger partial charge in [0.15, 0.2) is 0 Å². The first kappa shape index (κ1) is 13.7. The lowest BCUT2D eigenvalue weighted by molar-refractivity contribution is 0.214. The molecular formula is C14H11Cl2NO2. The molecule has 0 aliphatic rings. The monoisotopic (exact) mass is 295 g/mol. The maximum absolute atomic E-state index is 9.38. The molecule has 98 valence electrons. The Balaban J connectivity index is 2.52. The normalized spacial score (nSPS) is 11.4. The van der Waals surface area contributed by atoms with Gasteiger partial charge in [-0.3, -0.25) is 0 Å².